The molecule has 2 aromatic heterocycles. The van der Waals surface area contributed by atoms with Crippen molar-refractivity contribution in [2.75, 3.05) is 13.1 Å². The van der Waals surface area contributed by atoms with Gasteiger partial charge in [0.1, 0.15) is 5.69 Å². The van der Waals surface area contributed by atoms with Crippen LogP contribution in [0.3, 0.4) is 0 Å². The number of amides is 1. The van der Waals surface area contributed by atoms with Crippen LogP contribution in [0.15, 0.2) is 26.9 Å². The molecule has 2 fully saturated rings. The number of aromatic nitrogens is 1. The van der Waals surface area contributed by atoms with Gasteiger partial charge in [0, 0.05) is 29.9 Å². The fourth-order valence-electron chi connectivity index (χ4n) is 4.55. The molecular formula is C23H31N3O4S2. The molecule has 1 N–H and O–H groups in total. The first-order valence-electron chi connectivity index (χ1n) is 11.3. The molecule has 1 aliphatic carbocycles. The standard InChI is InChI=1S/C23H31N3O4S2/c1-16-5-7-19(8-6-16)24-23(27)18-11-13-26(14-12-18)32(28,29)22-17(2)25-30-21(22)10-9-20-4-3-15-31-20/h3-4,9-10,15-16,18-19H,5-8,11-14H2,1-2H3,(H,24,27)/b10-9+. The Kier molecular flexibility index (Phi) is 7.17. The van der Waals surface area contributed by atoms with Gasteiger partial charge >= 0.3 is 0 Å². The fourth-order valence-corrected chi connectivity index (χ4v) is 6.89. The van der Waals surface area contributed by atoms with Crippen molar-refractivity contribution in [1.29, 1.82) is 0 Å². The molecule has 9 heteroatoms. The van der Waals surface area contributed by atoms with E-state index in [-0.39, 0.29) is 28.5 Å². The molecule has 0 bridgehead atoms. The largest absolute Gasteiger partial charge is 0.355 e. The maximum Gasteiger partial charge on any atom is 0.248 e. The summed E-state index contributed by atoms with van der Waals surface area (Å²) in [4.78, 5) is 13.8. The summed E-state index contributed by atoms with van der Waals surface area (Å²) in [5.41, 5.74) is 0.349. The number of sulfonamides is 1. The van der Waals surface area contributed by atoms with E-state index in [1.54, 1.807) is 24.3 Å². The van der Waals surface area contributed by atoms with Crippen molar-refractivity contribution in [1.82, 2.24) is 14.8 Å². The molecular weight excluding hydrogens is 446 g/mol. The van der Waals surface area contributed by atoms with E-state index in [1.165, 1.54) is 4.31 Å². The minimum absolute atomic E-state index is 0.0716. The monoisotopic (exact) mass is 477 g/mol. The summed E-state index contributed by atoms with van der Waals surface area (Å²) >= 11 is 1.56. The minimum Gasteiger partial charge on any atom is -0.355 e. The summed E-state index contributed by atoms with van der Waals surface area (Å²) in [6.45, 7) is 4.54. The highest BCUT2D eigenvalue weighted by molar-refractivity contribution is 7.89. The van der Waals surface area contributed by atoms with Gasteiger partial charge in [0.25, 0.3) is 0 Å². The van der Waals surface area contributed by atoms with Crippen molar-refractivity contribution in [3.05, 3.63) is 33.8 Å². The smallest absolute Gasteiger partial charge is 0.248 e. The predicted octanol–water partition coefficient (Wildman–Crippen LogP) is 4.31. The van der Waals surface area contributed by atoms with Crippen molar-refractivity contribution >= 4 is 39.4 Å². The van der Waals surface area contributed by atoms with Gasteiger partial charge in [-0.05, 0) is 75.0 Å². The predicted molar refractivity (Wildman–Crippen MR) is 126 cm³/mol. The van der Waals surface area contributed by atoms with Crippen LogP contribution < -0.4 is 5.32 Å². The van der Waals surface area contributed by atoms with E-state index in [0.717, 1.165) is 36.5 Å². The Balaban J connectivity index is 1.39. The summed E-state index contributed by atoms with van der Waals surface area (Å²) in [7, 11) is -3.76. The van der Waals surface area contributed by atoms with E-state index < -0.39 is 10.0 Å². The average molecular weight is 478 g/mol. The fraction of sp³-hybridized carbons (Fsp3) is 0.565. The maximum absolute atomic E-state index is 13.4. The molecule has 3 heterocycles. The van der Waals surface area contributed by atoms with Gasteiger partial charge in [0.15, 0.2) is 10.7 Å². The van der Waals surface area contributed by atoms with Gasteiger partial charge in [-0.1, -0.05) is 18.1 Å². The Morgan fingerprint density at radius 3 is 2.56 bits per heavy atom. The Morgan fingerprint density at radius 1 is 1.19 bits per heavy atom. The van der Waals surface area contributed by atoms with Crippen LogP contribution in [0.1, 0.15) is 61.8 Å². The molecule has 0 radical (unpaired) electrons. The molecule has 1 aliphatic heterocycles. The number of aryl methyl sites for hydroxylation is 1. The van der Waals surface area contributed by atoms with E-state index in [9.17, 15) is 13.2 Å². The van der Waals surface area contributed by atoms with Crippen molar-refractivity contribution < 1.29 is 17.7 Å². The van der Waals surface area contributed by atoms with Crippen molar-refractivity contribution in [3.8, 4) is 0 Å². The van der Waals surface area contributed by atoms with Gasteiger partial charge in [-0.25, -0.2) is 8.42 Å². The first-order chi connectivity index (χ1) is 15.3. The maximum atomic E-state index is 13.4. The van der Waals surface area contributed by atoms with E-state index in [4.69, 9.17) is 4.52 Å². The Hall–Kier alpha value is -1.97. The van der Waals surface area contributed by atoms with Gasteiger partial charge in [-0.2, -0.15) is 4.31 Å². The van der Waals surface area contributed by atoms with E-state index in [0.29, 0.717) is 31.6 Å². The van der Waals surface area contributed by atoms with E-state index >= 15 is 0 Å². The van der Waals surface area contributed by atoms with Crippen molar-refractivity contribution in [2.45, 2.75) is 63.3 Å². The molecule has 0 unspecified atom stereocenters. The summed E-state index contributed by atoms with van der Waals surface area (Å²) in [5.74, 6) is 0.912. The molecule has 1 saturated heterocycles. The van der Waals surface area contributed by atoms with Crippen LogP contribution in [0.25, 0.3) is 12.2 Å². The quantitative estimate of drug-likeness (QED) is 0.669. The summed E-state index contributed by atoms with van der Waals surface area (Å²) < 4.78 is 33.5. The third-order valence-electron chi connectivity index (χ3n) is 6.56. The van der Waals surface area contributed by atoms with Crippen LogP contribution in [0, 0.1) is 18.8 Å². The molecule has 0 spiro atoms. The number of nitrogens with zero attached hydrogens (tertiary/aromatic N) is 2. The number of thiophene rings is 1. The number of piperidine rings is 1. The second-order valence-corrected chi connectivity index (χ2v) is 11.8. The van der Waals surface area contributed by atoms with Crippen molar-refractivity contribution in [3.63, 3.8) is 0 Å². The highest BCUT2D eigenvalue weighted by atomic mass is 32.2. The third-order valence-corrected chi connectivity index (χ3v) is 9.46. The molecule has 2 aromatic rings. The zero-order chi connectivity index (χ0) is 22.7. The van der Waals surface area contributed by atoms with Crippen molar-refractivity contribution in [2.24, 2.45) is 11.8 Å². The zero-order valence-corrected chi connectivity index (χ0v) is 20.3. The molecule has 1 saturated carbocycles. The Morgan fingerprint density at radius 2 is 1.91 bits per heavy atom. The van der Waals surface area contributed by atoms with Crippen LogP contribution in [0.2, 0.25) is 0 Å². The number of hydrogen-bond donors (Lipinski definition) is 1. The van der Waals surface area contributed by atoms with Crippen LogP contribution >= 0.6 is 11.3 Å². The second-order valence-electron chi connectivity index (χ2n) is 8.95. The first kappa shape index (κ1) is 23.2. The van der Waals surface area contributed by atoms with Crippen LogP contribution in [0.5, 0.6) is 0 Å². The molecule has 4 rings (SSSR count). The SMILES string of the molecule is Cc1noc(/C=C/c2cccs2)c1S(=O)(=O)N1CCC(C(=O)NC2CCC(C)CC2)CC1. The third kappa shape index (κ3) is 5.15. The number of nitrogens with one attached hydrogen (secondary N) is 1. The first-order valence-corrected chi connectivity index (χ1v) is 13.6. The lowest BCUT2D eigenvalue weighted by atomic mass is 9.87. The Labute approximate surface area is 193 Å². The molecule has 0 aromatic carbocycles. The lowest BCUT2D eigenvalue weighted by Gasteiger charge is -2.32. The molecule has 174 valence electrons. The normalized spacial score (nSPS) is 23.6. The molecule has 0 atom stereocenters. The molecule has 7 nitrogen and oxygen atoms in total. The highest BCUT2D eigenvalue weighted by Crippen LogP contribution is 2.30. The topological polar surface area (TPSA) is 92.5 Å². The Bertz CT molecular complexity index is 1040. The second kappa shape index (κ2) is 9.89. The highest BCUT2D eigenvalue weighted by Gasteiger charge is 2.36. The average Bonchev–Trinajstić information content (AvgIpc) is 3.43. The van der Waals surface area contributed by atoms with E-state index in [1.807, 2.05) is 23.6 Å². The number of carbonyl (C=O) groups excluding carboxylic acids is 1. The summed E-state index contributed by atoms with van der Waals surface area (Å²) in [5, 5.41) is 9.05. The summed E-state index contributed by atoms with van der Waals surface area (Å²) in [6, 6.07) is 4.14. The molecule has 1 amide bonds. The van der Waals surface area contributed by atoms with Gasteiger partial charge in [0.2, 0.25) is 15.9 Å². The van der Waals surface area contributed by atoms with Crippen LogP contribution in [-0.2, 0) is 14.8 Å². The van der Waals surface area contributed by atoms with Gasteiger partial charge in [0.05, 0.1) is 0 Å². The lowest BCUT2D eigenvalue weighted by Crippen LogP contribution is -2.46. The number of rotatable bonds is 6. The van der Waals surface area contributed by atoms with E-state index in [2.05, 4.69) is 17.4 Å². The van der Waals surface area contributed by atoms with Crippen LogP contribution in [-0.4, -0.2) is 42.9 Å². The number of hydrogen-bond acceptors (Lipinski definition) is 6. The van der Waals surface area contributed by atoms with Gasteiger partial charge in [-0.15, -0.1) is 11.3 Å². The lowest BCUT2D eigenvalue weighted by molar-refractivity contribution is -0.127. The molecule has 32 heavy (non-hydrogen) atoms. The molecule has 2 aliphatic rings. The van der Waals surface area contributed by atoms with Gasteiger partial charge in [-0.3, -0.25) is 4.79 Å². The van der Waals surface area contributed by atoms with Crippen LogP contribution in [0.4, 0.5) is 0 Å². The zero-order valence-electron chi connectivity index (χ0n) is 18.6. The van der Waals surface area contributed by atoms with Gasteiger partial charge < -0.3 is 9.84 Å². The number of carbonyl (C=O) groups is 1. The minimum atomic E-state index is -3.76. The summed E-state index contributed by atoms with van der Waals surface area (Å²) in [6.07, 6.45) is 8.92.